The van der Waals surface area contributed by atoms with E-state index in [0.29, 0.717) is 0 Å². The van der Waals surface area contributed by atoms with E-state index >= 15 is 0 Å². The molecule has 1 saturated heterocycles. The maximum Gasteiger partial charge on any atom is 0.498 e. The van der Waals surface area contributed by atoms with Crippen molar-refractivity contribution in [1.82, 2.24) is 9.78 Å². The minimum Gasteiger partial charge on any atom is -0.399 e. The summed E-state index contributed by atoms with van der Waals surface area (Å²) in [5.41, 5.74) is -0.263. The first-order valence-electron chi connectivity index (χ1n) is 6.61. The zero-order valence-electron chi connectivity index (χ0n) is 12.6. The van der Waals surface area contributed by atoms with Crippen molar-refractivity contribution in [3.8, 4) is 0 Å². The molecule has 5 nitrogen and oxygen atoms in total. The van der Waals surface area contributed by atoms with Crippen molar-refractivity contribution < 1.29 is 14.4 Å². The Kier molecular flexibility index (Phi) is 3.32. The van der Waals surface area contributed by atoms with E-state index in [2.05, 4.69) is 5.10 Å². The van der Waals surface area contributed by atoms with Crippen molar-refractivity contribution in [3.05, 3.63) is 12.4 Å². The summed E-state index contributed by atoms with van der Waals surface area (Å²) in [7, 11) is -0.409. The summed E-state index contributed by atoms with van der Waals surface area (Å²) in [5.74, 6) is 0. The summed E-state index contributed by atoms with van der Waals surface area (Å²) in [4.78, 5) is 0. The second-order valence-corrected chi connectivity index (χ2v) is 6.78. The van der Waals surface area contributed by atoms with Crippen LogP contribution in [-0.4, -0.2) is 39.8 Å². The molecule has 0 aliphatic carbocycles. The SMILES string of the molecule is CC(C)(CO)n1cc(B2OC(C)(C)C(C)(C)O2)cn1. The monoisotopic (exact) mass is 266 g/mol. The lowest BCUT2D eigenvalue weighted by Gasteiger charge is -2.32. The zero-order valence-corrected chi connectivity index (χ0v) is 12.6. The van der Waals surface area contributed by atoms with Gasteiger partial charge in [-0.05, 0) is 41.5 Å². The average Bonchev–Trinajstić information content (AvgIpc) is 2.83. The fourth-order valence-electron chi connectivity index (χ4n) is 1.84. The van der Waals surface area contributed by atoms with Crippen LogP contribution in [0.4, 0.5) is 0 Å². The molecule has 0 aromatic carbocycles. The highest BCUT2D eigenvalue weighted by atomic mass is 16.7. The van der Waals surface area contributed by atoms with Crippen LogP contribution in [0.5, 0.6) is 0 Å². The number of rotatable bonds is 3. The van der Waals surface area contributed by atoms with E-state index in [1.54, 1.807) is 10.9 Å². The van der Waals surface area contributed by atoms with Gasteiger partial charge in [0, 0.05) is 17.9 Å². The standard InChI is InChI=1S/C13H23BN2O3/c1-11(2,9-17)16-8-10(7-15-16)14-18-12(3,4)13(5,6)19-14/h7-8,17H,9H2,1-6H3. The van der Waals surface area contributed by atoms with Gasteiger partial charge >= 0.3 is 7.12 Å². The third kappa shape index (κ3) is 2.44. The topological polar surface area (TPSA) is 56.5 Å². The van der Waals surface area contributed by atoms with E-state index in [1.807, 2.05) is 47.7 Å². The van der Waals surface area contributed by atoms with Crippen LogP contribution in [0, 0.1) is 0 Å². The van der Waals surface area contributed by atoms with Crippen molar-refractivity contribution in [2.24, 2.45) is 0 Å². The molecule has 0 saturated carbocycles. The first-order chi connectivity index (χ1) is 8.59. The van der Waals surface area contributed by atoms with Crippen LogP contribution in [0.1, 0.15) is 41.5 Å². The van der Waals surface area contributed by atoms with Crippen LogP contribution < -0.4 is 5.46 Å². The van der Waals surface area contributed by atoms with Gasteiger partial charge in [-0.3, -0.25) is 4.68 Å². The lowest BCUT2D eigenvalue weighted by molar-refractivity contribution is 0.00578. The van der Waals surface area contributed by atoms with E-state index in [9.17, 15) is 5.11 Å². The summed E-state index contributed by atoms with van der Waals surface area (Å²) in [6.07, 6.45) is 3.61. The summed E-state index contributed by atoms with van der Waals surface area (Å²) in [6.45, 7) is 12.0. The first-order valence-corrected chi connectivity index (χ1v) is 6.61. The molecule has 0 bridgehead atoms. The third-order valence-corrected chi connectivity index (χ3v) is 4.14. The van der Waals surface area contributed by atoms with Gasteiger partial charge in [-0.15, -0.1) is 0 Å². The second-order valence-electron chi connectivity index (χ2n) is 6.78. The Morgan fingerprint density at radius 1 is 1.26 bits per heavy atom. The Bertz CT molecular complexity index is 452. The maximum atomic E-state index is 9.36. The van der Waals surface area contributed by atoms with Crippen molar-refractivity contribution >= 4 is 12.6 Å². The van der Waals surface area contributed by atoms with Crippen LogP contribution in [0.15, 0.2) is 12.4 Å². The molecule has 2 rings (SSSR count). The van der Waals surface area contributed by atoms with Crippen molar-refractivity contribution in [1.29, 1.82) is 0 Å². The van der Waals surface area contributed by atoms with Crippen molar-refractivity contribution in [2.75, 3.05) is 6.61 Å². The molecule has 1 aromatic heterocycles. The highest BCUT2D eigenvalue weighted by Crippen LogP contribution is 2.36. The van der Waals surface area contributed by atoms with Crippen LogP contribution in [-0.2, 0) is 14.8 Å². The minimum atomic E-state index is -0.429. The Labute approximate surface area is 115 Å². The van der Waals surface area contributed by atoms with Crippen LogP contribution >= 0.6 is 0 Å². The lowest BCUT2D eigenvalue weighted by Crippen LogP contribution is -2.41. The molecular formula is C13H23BN2O3. The molecule has 2 heterocycles. The van der Waals surface area contributed by atoms with Crippen molar-refractivity contribution in [3.63, 3.8) is 0 Å². The lowest BCUT2D eigenvalue weighted by atomic mass is 9.82. The average molecular weight is 266 g/mol. The first kappa shape index (κ1) is 14.6. The Morgan fingerprint density at radius 3 is 2.26 bits per heavy atom. The number of nitrogens with zero attached hydrogens (tertiary/aromatic N) is 2. The summed E-state index contributed by atoms with van der Waals surface area (Å²) in [6, 6.07) is 0. The number of hydrogen-bond donors (Lipinski definition) is 1. The zero-order chi connectivity index (χ0) is 14.5. The number of aromatic nitrogens is 2. The molecule has 1 aromatic rings. The molecule has 6 heteroatoms. The van der Waals surface area contributed by atoms with Gasteiger partial charge in [-0.25, -0.2) is 0 Å². The smallest absolute Gasteiger partial charge is 0.399 e. The van der Waals surface area contributed by atoms with Gasteiger partial charge in [0.1, 0.15) is 0 Å². The molecule has 0 atom stereocenters. The Balaban J connectivity index is 2.22. The second kappa shape index (κ2) is 4.33. The van der Waals surface area contributed by atoms with Gasteiger partial charge in [0.25, 0.3) is 0 Å². The number of hydrogen-bond acceptors (Lipinski definition) is 4. The maximum absolute atomic E-state index is 9.36. The van der Waals surface area contributed by atoms with E-state index < -0.39 is 12.7 Å². The Morgan fingerprint density at radius 2 is 1.79 bits per heavy atom. The van der Waals surface area contributed by atoms with Gasteiger partial charge < -0.3 is 14.4 Å². The Hall–Kier alpha value is -0.845. The number of aliphatic hydroxyl groups is 1. The highest BCUT2D eigenvalue weighted by Gasteiger charge is 2.52. The molecular weight excluding hydrogens is 243 g/mol. The van der Waals surface area contributed by atoms with Gasteiger partial charge in [0.05, 0.1) is 23.3 Å². The van der Waals surface area contributed by atoms with E-state index in [-0.39, 0.29) is 17.8 Å². The molecule has 0 amide bonds. The quantitative estimate of drug-likeness (QED) is 0.826. The molecule has 106 valence electrons. The van der Waals surface area contributed by atoms with Gasteiger partial charge in [0.2, 0.25) is 0 Å². The molecule has 19 heavy (non-hydrogen) atoms. The van der Waals surface area contributed by atoms with Gasteiger partial charge in [-0.1, -0.05) is 0 Å². The van der Waals surface area contributed by atoms with Crippen molar-refractivity contribution in [2.45, 2.75) is 58.3 Å². The fourth-order valence-corrected chi connectivity index (χ4v) is 1.84. The summed E-state index contributed by atoms with van der Waals surface area (Å²) < 4.78 is 13.7. The van der Waals surface area contributed by atoms with Crippen LogP contribution in [0.3, 0.4) is 0 Å². The third-order valence-electron chi connectivity index (χ3n) is 4.14. The highest BCUT2D eigenvalue weighted by molar-refractivity contribution is 6.62. The fraction of sp³-hybridized carbons (Fsp3) is 0.769. The predicted molar refractivity (Wildman–Crippen MR) is 74.4 cm³/mol. The van der Waals surface area contributed by atoms with Gasteiger partial charge in [-0.2, -0.15) is 5.10 Å². The molecule has 0 spiro atoms. The molecule has 1 fully saturated rings. The summed E-state index contributed by atoms with van der Waals surface area (Å²) in [5, 5.41) is 13.7. The molecule has 0 radical (unpaired) electrons. The molecule has 1 aliphatic heterocycles. The van der Waals surface area contributed by atoms with Crippen LogP contribution in [0.25, 0.3) is 0 Å². The minimum absolute atomic E-state index is 0.0253. The number of aliphatic hydroxyl groups excluding tert-OH is 1. The van der Waals surface area contributed by atoms with Gasteiger partial charge in [0.15, 0.2) is 0 Å². The molecule has 1 aliphatic rings. The largest absolute Gasteiger partial charge is 0.498 e. The summed E-state index contributed by atoms with van der Waals surface area (Å²) >= 11 is 0. The predicted octanol–water partition coefficient (Wildman–Crippen LogP) is 0.910. The van der Waals surface area contributed by atoms with E-state index in [0.717, 1.165) is 5.46 Å². The van der Waals surface area contributed by atoms with Crippen LogP contribution in [0.2, 0.25) is 0 Å². The molecule has 1 N–H and O–H groups in total. The van der Waals surface area contributed by atoms with E-state index in [1.165, 1.54) is 0 Å². The van der Waals surface area contributed by atoms with E-state index in [4.69, 9.17) is 9.31 Å². The molecule has 0 unspecified atom stereocenters. The normalized spacial score (nSPS) is 21.9.